The van der Waals surface area contributed by atoms with Crippen molar-refractivity contribution in [1.29, 1.82) is 0 Å². The maximum Gasteiger partial charge on any atom is 0.262 e. The van der Waals surface area contributed by atoms with E-state index in [1.165, 1.54) is 0 Å². The fourth-order valence-corrected chi connectivity index (χ4v) is 5.13. The van der Waals surface area contributed by atoms with Gasteiger partial charge in [0, 0.05) is 53.5 Å². The predicted molar refractivity (Wildman–Crippen MR) is 132 cm³/mol. The lowest BCUT2D eigenvalue weighted by Gasteiger charge is -2.36. The Bertz CT molecular complexity index is 1250. The normalized spacial score (nSPS) is 18.1. The second kappa shape index (κ2) is 9.70. The Morgan fingerprint density at radius 3 is 2.34 bits per heavy atom. The number of ketones is 2. The SMILES string of the molecule is Cc1ccc(NC(=O)COc2cccc(C3C4=C(CCCC4=O)OC4=C3C(=O)CCC4)c2)cc1Cl. The van der Waals surface area contributed by atoms with Crippen LogP contribution in [-0.4, -0.2) is 24.1 Å². The van der Waals surface area contributed by atoms with Crippen molar-refractivity contribution in [2.45, 2.75) is 51.4 Å². The van der Waals surface area contributed by atoms with E-state index in [0.717, 1.165) is 24.0 Å². The van der Waals surface area contributed by atoms with Crippen molar-refractivity contribution in [3.8, 4) is 5.75 Å². The summed E-state index contributed by atoms with van der Waals surface area (Å²) in [6.45, 7) is 1.70. The molecule has 0 saturated carbocycles. The van der Waals surface area contributed by atoms with E-state index in [0.29, 0.717) is 64.8 Å². The van der Waals surface area contributed by atoms with E-state index in [-0.39, 0.29) is 24.1 Å². The highest BCUT2D eigenvalue weighted by Crippen LogP contribution is 2.48. The van der Waals surface area contributed by atoms with Gasteiger partial charge in [-0.1, -0.05) is 29.8 Å². The summed E-state index contributed by atoms with van der Waals surface area (Å²) >= 11 is 6.13. The summed E-state index contributed by atoms with van der Waals surface area (Å²) < 4.78 is 11.9. The fraction of sp³-hybridized carbons (Fsp3) is 0.321. The highest BCUT2D eigenvalue weighted by molar-refractivity contribution is 6.31. The van der Waals surface area contributed by atoms with Crippen molar-refractivity contribution in [3.05, 3.63) is 81.3 Å². The van der Waals surface area contributed by atoms with Gasteiger partial charge in [0.05, 0.1) is 0 Å². The highest BCUT2D eigenvalue weighted by atomic mass is 35.5. The number of hydrogen-bond acceptors (Lipinski definition) is 5. The summed E-state index contributed by atoms with van der Waals surface area (Å²) in [7, 11) is 0. The molecule has 2 aromatic rings. The number of ether oxygens (including phenoxy) is 2. The zero-order chi connectivity index (χ0) is 24.5. The van der Waals surface area contributed by atoms with E-state index in [4.69, 9.17) is 21.1 Å². The second-order valence-electron chi connectivity index (χ2n) is 9.14. The van der Waals surface area contributed by atoms with Gasteiger partial charge in [0.2, 0.25) is 0 Å². The standard InChI is InChI=1S/C28H26ClNO5/c1-16-11-12-18(14-20(16)29)30-25(33)15-34-19-6-2-5-17(13-19)26-27-21(31)7-3-9-23(27)35-24-10-4-8-22(32)28(24)26/h2,5-6,11-14,26H,3-4,7-10,15H2,1H3,(H,30,33). The van der Waals surface area contributed by atoms with Gasteiger partial charge in [-0.2, -0.15) is 0 Å². The van der Waals surface area contributed by atoms with Gasteiger partial charge in [-0.05, 0) is 55.2 Å². The first-order valence-corrected chi connectivity index (χ1v) is 12.3. The molecule has 3 aliphatic rings. The Morgan fingerprint density at radius 1 is 1.00 bits per heavy atom. The van der Waals surface area contributed by atoms with E-state index in [9.17, 15) is 14.4 Å². The third-order valence-corrected chi connectivity index (χ3v) is 7.06. The molecule has 7 heteroatoms. The number of benzene rings is 2. The third-order valence-electron chi connectivity index (χ3n) is 6.66. The van der Waals surface area contributed by atoms with Crippen LogP contribution in [0.4, 0.5) is 5.69 Å². The summed E-state index contributed by atoms with van der Waals surface area (Å²) in [4.78, 5) is 38.3. The van der Waals surface area contributed by atoms with Crippen LogP contribution in [0.5, 0.6) is 5.75 Å². The summed E-state index contributed by atoms with van der Waals surface area (Å²) in [6.07, 6.45) is 3.81. The molecule has 1 N–H and O–H groups in total. The topological polar surface area (TPSA) is 81.7 Å². The zero-order valence-electron chi connectivity index (χ0n) is 19.5. The molecule has 0 aromatic heterocycles. The second-order valence-corrected chi connectivity index (χ2v) is 9.54. The number of nitrogens with one attached hydrogen (secondary N) is 1. The molecule has 2 aliphatic carbocycles. The van der Waals surface area contributed by atoms with E-state index >= 15 is 0 Å². The lowest BCUT2D eigenvalue weighted by atomic mass is 9.73. The Balaban J connectivity index is 1.38. The van der Waals surface area contributed by atoms with Crippen molar-refractivity contribution >= 4 is 34.8 Å². The molecule has 1 heterocycles. The van der Waals surface area contributed by atoms with Gasteiger partial charge in [0.15, 0.2) is 18.2 Å². The average Bonchev–Trinajstić information content (AvgIpc) is 2.84. The van der Waals surface area contributed by atoms with Crippen LogP contribution in [-0.2, 0) is 19.1 Å². The summed E-state index contributed by atoms with van der Waals surface area (Å²) in [5.74, 6) is 1.17. The molecule has 2 aromatic carbocycles. The van der Waals surface area contributed by atoms with Gasteiger partial charge in [0.1, 0.15) is 17.3 Å². The summed E-state index contributed by atoms with van der Waals surface area (Å²) in [5, 5.41) is 3.35. The highest BCUT2D eigenvalue weighted by Gasteiger charge is 2.41. The molecule has 1 aliphatic heterocycles. The molecule has 0 bridgehead atoms. The molecule has 0 unspecified atom stereocenters. The van der Waals surface area contributed by atoms with Crippen LogP contribution in [0.2, 0.25) is 5.02 Å². The molecule has 0 spiro atoms. The number of Topliss-reactive ketones (excluding diaryl/α,β-unsaturated/α-hetero) is 2. The first-order chi connectivity index (χ1) is 16.9. The van der Waals surface area contributed by atoms with Crippen LogP contribution in [0.3, 0.4) is 0 Å². The third kappa shape index (κ3) is 4.76. The number of halogens is 1. The Hall–Kier alpha value is -3.38. The molecule has 35 heavy (non-hydrogen) atoms. The minimum absolute atomic E-state index is 0.0311. The Morgan fingerprint density at radius 2 is 1.69 bits per heavy atom. The maximum atomic E-state index is 12.9. The Kier molecular flexibility index (Phi) is 6.48. The number of amides is 1. The molecule has 0 atom stereocenters. The van der Waals surface area contributed by atoms with Gasteiger partial charge in [-0.3, -0.25) is 14.4 Å². The maximum absolute atomic E-state index is 12.9. The number of rotatable bonds is 5. The first-order valence-electron chi connectivity index (χ1n) is 11.9. The predicted octanol–water partition coefficient (Wildman–Crippen LogP) is 5.79. The van der Waals surface area contributed by atoms with Crippen molar-refractivity contribution in [2.75, 3.05) is 11.9 Å². The van der Waals surface area contributed by atoms with Crippen LogP contribution < -0.4 is 10.1 Å². The molecule has 180 valence electrons. The fourth-order valence-electron chi connectivity index (χ4n) is 4.95. The number of carbonyl (C=O) groups excluding carboxylic acids is 3. The minimum Gasteiger partial charge on any atom is -0.484 e. The van der Waals surface area contributed by atoms with Crippen LogP contribution >= 0.6 is 11.6 Å². The molecule has 0 fully saturated rings. The lowest BCUT2D eigenvalue weighted by Crippen LogP contribution is -2.30. The van der Waals surface area contributed by atoms with Crippen LogP contribution in [0, 0.1) is 6.92 Å². The molecule has 0 radical (unpaired) electrons. The molecule has 5 rings (SSSR count). The first kappa shape index (κ1) is 23.4. The summed E-state index contributed by atoms with van der Waals surface area (Å²) in [6, 6.07) is 12.6. The number of carbonyl (C=O) groups is 3. The van der Waals surface area contributed by atoms with Gasteiger partial charge in [-0.15, -0.1) is 0 Å². The summed E-state index contributed by atoms with van der Waals surface area (Å²) in [5.41, 5.74) is 3.50. The lowest BCUT2D eigenvalue weighted by molar-refractivity contribution is -0.119. The van der Waals surface area contributed by atoms with Crippen molar-refractivity contribution in [3.63, 3.8) is 0 Å². The molecular formula is C28H26ClNO5. The van der Waals surface area contributed by atoms with Crippen molar-refractivity contribution in [1.82, 2.24) is 0 Å². The van der Waals surface area contributed by atoms with E-state index < -0.39 is 5.92 Å². The van der Waals surface area contributed by atoms with E-state index in [1.807, 2.05) is 31.2 Å². The number of aryl methyl sites for hydroxylation is 1. The zero-order valence-corrected chi connectivity index (χ0v) is 20.2. The van der Waals surface area contributed by atoms with Gasteiger partial charge >= 0.3 is 0 Å². The van der Waals surface area contributed by atoms with Gasteiger partial charge < -0.3 is 14.8 Å². The van der Waals surface area contributed by atoms with Crippen molar-refractivity contribution in [2.24, 2.45) is 0 Å². The monoisotopic (exact) mass is 491 g/mol. The molecule has 1 amide bonds. The van der Waals surface area contributed by atoms with Crippen molar-refractivity contribution < 1.29 is 23.9 Å². The van der Waals surface area contributed by atoms with E-state index in [2.05, 4.69) is 5.32 Å². The van der Waals surface area contributed by atoms with Crippen LogP contribution in [0.15, 0.2) is 65.1 Å². The smallest absolute Gasteiger partial charge is 0.262 e. The largest absolute Gasteiger partial charge is 0.484 e. The average molecular weight is 492 g/mol. The number of hydrogen-bond donors (Lipinski definition) is 1. The van der Waals surface area contributed by atoms with Gasteiger partial charge in [0.25, 0.3) is 5.91 Å². The van der Waals surface area contributed by atoms with Crippen LogP contribution in [0.25, 0.3) is 0 Å². The molecule has 0 saturated heterocycles. The molecular weight excluding hydrogens is 466 g/mol. The Labute approximate surface area is 208 Å². The van der Waals surface area contributed by atoms with Gasteiger partial charge in [-0.25, -0.2) is 0 Å². The molecule has 6 nitrogen and oxygen atoms in total. The van der Waals surface area contributed by atoms with E-state index in [1.54, 1.807) is 18.2 Å². The minimum atomic E-state index is -0.457. The number of anilines is 1. The van der Waals surface area contributed by atoms with Crippen LogP contribution in [0.1, 0.15) is 55.6 Å². The number of allylic oxidation sites excluding steroid dienone is 4. The quantitative estimate of drug-likeness (QED) is 0.572.